The summed E-state index contributed by atoms with van der Waals surface area (Å²) in [5, 5.41) is 17.3. The molecule has 66 valence electrons. The molecule has 1 N–H and O–H groups in total. The molecule has 0 aliphatic heterocycles. The van der Waals surface area contributed by atoms with Gasteiger partial charge in [-0.2, -0.15) is 5.26 Å². The SMILES string of the molecule is N#C/C=C(/CO)Sc1ccccc1. The topological polar surface area (TPSA) is 44.0 Å². The van der Waals surface area contributed by atoms with Gasteiger partial charge in [-0.25, -0.2) is 0 Å². The lowest BCUT2D eigenvalue weighted by Crippen LogP contribution is -1.84. The van der Waals surface area contributed by atoms with Crippen LogP contribution in [-0.4, -0.2) is 11.7 Å². The third-order valence-electron chi connectivity index (χ3n) is 1.37. The van der Waals surface area contributed by atoms with E-state index in [4.69, 9.17) is 10.4 Å². The molecule has 0 bridgehead atoms. The van der Waals surface area contributed by atoms with Gasteiger partial charge in [-0.1, -0.05) is 30.0 Å². The van der Waals surface area contributed by atoms with Gasteiger partial charge < -0.3 is 5.11 Å². The molecule has 0 heterocycles. The molecule has 3 heteroatoms. The second kappa shape index (κ2) is 5.41. The van der Waals surface area contributed by atoms with Crippen LogP contribution in [-0.2, 0) is 0 Å². The molecule has 1 rings (SSSR count). The van der Waals surface area contributed by atoms with Crippen molar-refractivity contribution in [2.45, 2.75) is 4.90 Å². The first-order valence-electron chi connectivity index (χ1n) is 3.79. The van der Waals surface area contributed by atoms with Crippen LogP contribution in [0.4, 0.5) is 0 Å². The molecule has 0 saturated heterocycles. The van der Waals surface area contributed by atoms with E-state index >= 15 is 0 Å². The molecule has 0 spiro atoms. The maximum atomic E-state index is 8.88. The second-order valence-corrected chi connectivity index (χ2v) is 3.51. The van der Waals surface area contributed by atoms with E-state index in [2.05, 4.69) is 0 Å². The van der Waals surface area contributed by atoms with Crippen LogP contribution in [0.1, 0.15) is 0 Å². The highest BCUT2D eigenvalue weighted by Gasteiger charge is 1.97. The van der Waals surface area contributed by atoms with E-state index in [1.807, 2.05) is 36.4 Å². The molecule has 13 heavy (non-hydrogen) atoms. The molecule has 0 fully saturated rings. The Kier molecular flexibility index (Phi) is 4.10. The average molecular weight is 191 g/mol. The monoisotopic (exact) mass is 191 g/mol. The zero-order chi connectivity index (χ0) is 9.52. The van der Waals surface area contributed by atoms with Gasteiger partial charge in [-0.15, -0.1) is 0 Å². The van der Waals surface area contributed by atoms with Crippen molar-refractivity contribution >= 4 is 11.8 Å². The van der Waals surface area contributed by atoms with E-state index in [9.17, 15) is 0 Å². The standard InChI is InChI=1S/C10H9NOS/c11-7-6-10(8-12)13-9-4-2-1-3-5-9/h1-6,12H,8H2/b10-6-. The molecule has 0 atom stereocenters. The molecule has 2 nitrogen and oxygen atoms in total. The number of hydrogen-bond acceptors (Lipinski definition) is 3. The van der Waals surface area contributed by atoms with Gasteiger partial charge in [0.25, 0.3) is 0 Å². The summed E-state index contributed by atoms with van der Waals surface area (Å²) in [6, 6.07) is 11.5. The number of nitriles is 1. The third-order valence-corrected chi connectivity index (χ3v) is 2.39. The van der Waals surface area contributed by atoms with Crippen molar-refractivity contribution in [2.75, 3.05) is 6.61 Å². The van der Waals surface area contributed by atoms with E-state index in [-0.39, 0.29) is 6.61 Å². The molecule has 0 amide bonds. The molecule has 1 aromatic carbocycles. The van der Waals surface area contributed by atoms with Gasteiger partial charge in [0.1, 0.15) is 0 Å². The summed E-state index contributed by atoms with van der Waals surface area (Å²) in [7, 11) is 0. The molecular weight excluding hydrogens is 182 g/mol. The van der Waals surface area contributed by atoms with Crippen LogP contribution in [0.2, 0.25) is 0 Å². The van der Waals surface area contributed by atoms with E-state index in [0.29, 0.717) is 4.91 Å². The minimum atomic E-state index is -0.0902. The summed E-state index contributed by atoms with van der Waals surface area (Å²) in [5.41, 5.74) is 0. The molecule has 1 aromatic rings. The van der Waals surface area contributed by atoms with Crippen LogP contribution in [0.25, 0.3) is 0 Å². The highest BCUT2D eigenvalue weighted by atomic mass is 32.2. The third kappa shape index (κ3) is 3.32. The second-order valence-electron chi connectivity index (χ2n) is 2.31. The summed E-state index contributed by atoms with van der Waals surface area (Å²) in [4.78, 5) is 1.69. The number of allylic oxidation sites excluding steroid dienone is 1. The summed E-state index contributed by atoms with van der Waals surface area (Å²) < 4.78 is 0. The Morgan fingerprint density at radius 1 is 1.46 bits per heavy atom. The van der Waals surface area contributed by atoms with Gasteiger partial charge in [0, 0.05) is 15.9 Å². The fourth-order valence-corrected chi connectivity index (χ4v) is 1.59. The lowest BCUT2D eigenvalue weighted by molar-refractivity contribution is 0.339. The number of aliphatic hydroxyl groups is 1. The van der Waals surface area contributed by atoms with E-state index in [1.54, 1.807) is 0 Å². The van der Waals surface area contributed by atoms with Gasteiger partial charge in [0.15, 0.2) is 0 Å². The minimum Gasteiger partial charge on any atom is -0.391 e. The van der Waals surface area contributed by atoms with Crippen molar-refractivity contribution in [3.8, 4) is 6.07 Å². The zero-order valence-corrected chi connectivity index (χ0v) is 7.79. The van der Waals surface area contributed by atoms with Crippen molar-refractivity contribution in [2.24, 2.45) is 0 Å². The van der Waals surface area contributed by atoms with Crippen molar-refractivity contribution in [1.29, 1.82) is 5.26 Å². The summed E-state index contributed by atoms with van der Waals surface area (Å²) in [6.45, 7) is -0.0902. The van der Waals surface area contributed by atoms with E-state index in [0.717, 1.165) is 4.90 Å². The molecule has 0 saturated carbocycles. The van der Waals surface area contributed by atoms with Crippen LogP contribution < -0.4 is 0 Å². The number of aliphatic hydroxyl groups excluding tert-OH is 1. The summed E-state index contributed by atoms with van der Waals surface area (Å²) in [5.74, 6) is 0. The highest BCUT2D eigenvalue weighted by molar-refractivity contribution is 8.03. The highest BCUT2D eigenvalue weighted by Crippen LogP contribution is 2.25. The van der Waals surface area contributed by atoms with Crippen LogP contribution in [0.15, 0.2) is 46.2 Å². The van der Waals surface area contributed by atoms with Crippen molar-refractivity contribution in [3.63, 3.8) is 0 Å². The fourth-order valence-electron chi connectivity index (χ4n) is 0.819. The zero-order valence-electron chi connectivity index (χ0n) is 6.97. The van der Waals surface area contributed by atoms with Gasteiger partial charge in [-0.05, 0) is 12.1 Å². The number of thioether (sulfide) groups is 1. The molecule has 0 unspecified atom stereocenters. The van der Waals surface area contributed by atoms with Crippen LogP contribution in [0.3, 0.4) is 0 Å². The van der Waals surface area contributed by atoms with Gasteiger partial charge in [0.05, 0.1) is 12.7 Å². The maximum Gasteiger partial charge on any atom is 0.0921 e. The predicted octanol–water partition coefficient (Wildman–Crippen LogP) is 2.18. The molecule has 0 aromatic heterocycles. The maximum absolute atomic E-state index is 8.88. The molecule has 0 aliphatic rings. The van der Waals surface area contributed by atoms with Gasteiger partial charge in [-0.3, -0.25) is 0 Å². The number of nitrogens with zero attached hydrogens (tertiary/aromatic N) is 1. The summed E-state index contributed by atoms with van der Waals surface area (Å²) in [6.07, 6.45) is 1.36. The number of benzene rings is 1. The lowest BCUT2D eigenvalue weighted by Gasteiger charge is -2.00. The van der Waals surface area contributed by atoms with Crippen molar-refractivity contribution in [1.82, 2.24) is 0 Å². The van der Waals surface area contributed by atoms with Crippen LogP contribution in [0.5, 0.6) is 0 Å². The van der Waals surface area contributed by atoms with Crippen molar-refractivity contribution < 1.29 is 5.11 Å². The Balaban J connectivity index is 2.69. The average Bonchev–Trinajstić information content (AvgIpc) is 2.19. The van der Waals surface area contributed by atoms with Crippen LogP contribution >= 0.6 is 11.8 Å². The Morgan fingerprint density at radius 3 is 2.69 bits per heavy atom. The smallest absolute Gasteiger partial charge is 0.0921 e. The predicted molar refractivity (Wildman–Crippen MR) is 53.1 cm³/mol. The number of rotatable bonds is 3. The molecular formula is C10H9NOS. The normalized spacial score (nSPS) is 10.9. The Morgan fingerprint density at radius 2 is 2.15 bits per heavy atom. The Bertz CT molecular complexity index is 327. The lowest BCUT2D eigenvalue weighted by atomic mass is 10.4. The van der Waals surface area contributed by atoms with E-state index < -0.39 is 0 Å². The quantitative estimate of drug-likeness (QED) is 0.588. The first-order chi connectivity index (χ1) is 6.36. The van der Waals surface area contributed by atoms with Crippen molar-refractivity contribution in [3.05, 3.63) is 41.3 Å². The largest absolute Gasteiger partial charge is 0.391 e. The molecule has 0 radical (unpaired) electrons. The fraction of sp³-hybridized carbons (Fsp3) is 0.100. The first-order valence-corrected chi connectivity index (χ1v) is 4.61. The molecule has 0 aliphatic carbocycles. The summed E-state index contributed by atoms with van der Waals surface area (Å²) >= 11 is 1.40. The van der Waals surface area contributed by atoms with Crippen LogP contribution in [0, 0.1) is 11.3 Å². The minimum absolute atomic E-state index is 0.0902. The Hall–Kier alpha value is -1.24. The van der Waals surface area contributed by atoms with Gasteiger partial charge in [0.2, 0.25) is 0 Å². The van der Waals surface area contributed by atoms with Gasteiger partial charge >= 0.3 is 0 Å². The number of hydrogen-bond donors (Lipinski definition) is 1. The van der Waals surface area contributed by atoms with E-state index in [1.165, 1.54) is 17.8 Å². The Labute approximate surface area is 81.5 Å². The first kappa shape index (κ1) is 9.85.